The quantitative estimate of drug-likeness (QED) is 0.550. The molecule has 4 N–H and O–H groups in total. The minimum absolute atomic E-state index is 0.0631. The summed E-state index contributed by atoms with van der Waals surface area (Å²) in [6, 6.07) is 13.5. The number of aryl methyl sites for hydroxylation is 1. The Kier molecular flexibility index (Phi) is 7.17. The number of imide groups is 1. The Bertz CT molecular complexity index is 1140. The third-order valence-corrected chi connectivity index (χ3v) is 7.07. The maximum Gasteiger partial charge on any atom is 0.318 e. The van der Waals surface area contributed by atoms with Gasteiger partial charge in [-0.1, -0.05) is 37.3 Å². The fraction of sp³-hybridized carbons (Fsp3) is 0.429. The molecule has 0 aromatic heterocycles. The number of urea groups is 1. The van der Waals surface area contributed by atoms with Crippen LogP contribution in [0.5, 0.6) is 11.5 Å². The number of hydrogen-bond donors (Lipinski definition) is 3. The summed E-state index contributed by atoms with van der Waals surface area (Å²) in [4.78, 5) is 25.0. The second-order valence-electron chi connectivity index (χ2n) is 10.1. The van der Waals surface area contributed by atoms with Crippen molar-refractivity contribution in [2.45, 2.75) is 58.0 Å². The summed E-state index contributed by atoms with van der Waals surface area (Å²) < 4.78 is 6.43. The second kappa shape index (κ2) is 10.1. The number of rotatable bonds is 7. The van der Waals surface area contributed by atoms with Gasteiger partial charge in [-0.05, 0) is 79.9 Å². The summed E-state index contributed by atoms with van der Waals surface area (Å²) in [6.07, 6.45) is 3.81. The molecule has 4 rings (SSSR count). The molecular formula is C28H35N3O4. The number of ether oxygens (including phenoxy) is 1. The van der Waals surface area contributed by atoms with E-state index in [9.17, 15) is 14.7 Å². The van der Waals surface area contributed by atoms with E-state index in [-0.39, 0.29) is 18.2 Å². The Hall–Kier alpha value is -3.32. The number of fused-ring (bicyclic) bond motifs is 2. The number of amides is 3. The van der Waals surface area contributed by atoms with Crippen LogP contribution >= 0.6 is 0 Å². The monoisotopic (exact) mass is 477 g/mol. The lowest BCUT2D eigenvalue weighted by Crippen LogP contribution is -2.46. The van der Waals surface area contributed by atoms with Crippen molar-refractivity contribution in [3.05, 3.63) is 64.7 Å². The lowest BCUT2D eigenvalue weighted by molar-refractivity contribution is -0.121. The summed E-state index contributed by atoms with van der Waals surface area (Å²) in [7, 11) is 0. The van der Waals surface area contributed by atoms with E-state index in [1.807, 2.05) is 30.9 Å². The van der Waals surface area contributed by atoms with Gasteiger partial charge in [0.25, 0.3) is 0 Å². The summed E-state index contributed by atoms with van der Waals surface area (Å²) in [6.45, 7) is 7.49. The average Bonchev–Trinajstić information content (AvgIpc) is 2.78. The molecule has 0 radical (unpaired) electrons. The molecule has 0 saturated heterocycles. The fourth-order valence-corrected chi connectivity index (χ4v) is 5.28. The van der Waals surface area contributed by atoms with Crippen LogP contribution in [0.2, 0.25) is 0 Å². The third-order valence-electron chi connectivity index (χ3n) is 7.07. The van der Waals surface area contributed by atoms with E-state index in [2.05, 4.69) is 42.6 Å². The van der Waals surface area contributed by atoms with Crippen molar-refractivity contribution in [3.63, 3.8) is 0 Å². The van der Waals surface area contributed by atoms with E-state index in [0.717, 1.165) is 36.0 Å². The molecule has 186 valence electrons. The summed E-state index contributed by atoms with van der Waals surface area (Å²) >= 11 is 0. The van der Waals surface area contributed by atoms with Crippen LogP contribution in [0.3, 0.4) is 0 Å². The van der Waals surface area contributed by atoms with Crippen LogP contribution in [0.25, 0.3) is 5.57 Å². The van der Waals surface area contributed by atoms with E-state index in [4.69, 9.17) is 10.5 Å². The van der Waals surface area contributed by atoms with Gasteiger partial charge in [-0.25, -0.2) is 4.79 Å². The smallest absolute Gasteiger partial charge is 0.318 e. The first kappa shape index (κ1) is 24.8. The van der Waals surface area contributed by atoms with Crippen molar-refractivity contribution in [1.82, 2.24) is 10.2 Å². The van der Waals surface area contributed by atoms with Crippen LogP contribution in [-0.2, 0) is 11.2 Å². The highest BCUT2D eigenvalue weighted by molar-refractivity contribution is 5.94. The van der Waals surface area contributed by atoms with Gasteiger partial charge in [-0.3, -0.25) is 15.0 Å². The van der Waals surface area contributed by atoms with Crippen molar-refractivity contribution in [2.75, 3.05) is 19.6 Å². The van der Waals surface area contributed by atoms with E-state index >= 15 is 0 Å². The van der Waals surface area contributed by atoms with Crippen LogP contribution in [0.4, 0.5) is 4.79 Å². The van der Waals surface area contributed by atoms with Gasteiger partial charge in [0.1, 0.15) is 17.1 Å². The van der Waals surface area contributed by atoms with Crippen molar-refractivity contribution in [2.24, 2.45) is 5.73 Å². The third kappa shape index (κ3) is 5.68. The SMILES string of the molecule is CC(CCCc1ccccc1)c1cc(O)c2c(c1)OC(C)(C)C1=C2CN(CC(=O)NC(N)=O)CC1. The van der Waals surface area contributed by atoms with Gasteiger partial charge in [0.2, 0.25) is 5.91 Å². The fourth-order valence-electron chi connectivity index (χ4n) is 5.28. The zero-order valence-corrected chi connectivity index (χ0v) is 20.8. The summed E-state index contributed by atoms with van der Waals surface area (Å²) in [5, 5.41) is 13.2. The van der Waals surface area contributed by atoms with Crippen LogP contribution in [0.1, 0.15) is 62.6 Å². The Morgan fingerprint density at radius 3 is 2.69 bits per heavy atom. The molecule has 0 spiro atoms. The standard InChI is InChI=1S/C28H35N3O4/c1-18(8-7-11-19-9-5-4-6-10-19)20-14-23(32)26-21-16-31(17-25(33)30-27(29)34)13-12-22(21)28(2,3)35-24(26)15-20/h4-6,9-10,14-15,18,32H,7-8,11-13,16-17H2,1-3H3,(H3,29,30,33,34). The minimum atomic E-state index is -0.854. The summed E-state index contributed by atoms with van der Waals surface area (Å²) in [5.41, 5.74) is 9.80. The number of benzene rings is 2. The van der Waals surface area contributed by atoms with Gasteiger partial charge in [0, 0.05) is 13.1 Å². The largest absolute Gasteiger partial charge is 0.507 e. The highest BCUT2D eigenvalue weighted by Gasteiger charge is 2.39. The molecular weight excluding hydrogens is 442 g/mol. The van der Waals surface area contributed by atoms with Gasteiger partial charge >= 0.3 is 6.03 Å². The zero-order chi connectivity index (χ0) is 25.2. The lowest BCUT2D eigenvalue weighted by atomic mass is 9.80. The van der Waals surface area contributed by atoms with Gasteiger partial charge in [0.15, 0.2) is 0 Å². The number of phenols is 1. The first-order chi connectivity index (χ1) is 16.6. The van der Waals surface area contributed by atoms with Gasteiger partial charge < -0.3 is 15.6 Å². The number of carbonyl (C=O) groups excluding carboxylic acids is 2. The highest BCUT2D eigenvalue weighted by Crippen LogP contribution is 2.49. The van der Waals surface area contributed by atoms with Crippen molar-refractivity contribution < 1.29 is 19.4 Å². The topological polar surface area (TPSA) is 105 Å². The van der Waals surface area contributed by atoms with Crippen LogP contribution in [0.15, 0.2) is 48.0 Å². The lowest BCUT2D eigenvalue weighted by Gasteiger charge is -2.42. The first-order valence-corrected chi connectivity index (χ1v) is 12.3. The number of primary amides is 1. The van der Waals surface area contributed by atoms with Crippen LogP contribution in [-0.4, -0.2) is 47.2 Å². The average molecular weight is 478 g/mol. The Morgan fingerprint density at radius 2 is 1.97 bits per heavy atom. The molecule has 1 atom stereocenters. The molecule has 2 aromatic carbocycles. The molecule has 0 saturated carbocycles. The predicted octanol–water partition coefficient (Wildman–Crippen LogP) is 4.34. The molecule has 0 fully saturated rings. The minimum Gasteiger partial charge on any atom is -0.507 e. The normalized spacial score (nSPS) is 17.7. The van der Waals surface area contributed by atoms with E-state index in [1.165, 1.54) is 5.56 Å². The number of aromatic hydroxyl groups is 1. The Balaban J connectivity index is 1.53. The molecule has 35 heavy (non-hydrogen) atoms. The number of nitrogens with two attached hydrogens (primary N) is 1. The predicted molar refractivity (Wildman–Crippen MR) is 136 cm³/mol. The molecule has 0 bridgehead atoms. The van der Waals surface area contributed by atoms with Crippen molar-refractivity contribution >= 4 is 17.5 Å². The van der Waals surface area contributed by atoms with Crippen molar-refractivity contribution in [1.29, 1.82) is 0 Å². The molecule has 2 heterocycles. The molecule has 2 aliphatic heterocycles. The Morgan fingerprint density at radius 1 is 1.23 bits per heavy atom. The van der Waals surface area contributed by atoms with Crippen LogP contribution < -0.4 is 15.8 Å². The molecule has 1 unspecified atom stereocenters. The number of phenolic OH excluding ortho intramolecular Hbond substituents is 1. The molecule has 7 nitrogen and oxygen atoms in total. The van der Waals surface area contributed by atoms with Gasteiger partial charge in [-0.2, -0.15) is 0 Å². The van der Waals surface area contributed by atoms with E-state index in [0.29, 0.717) is 30.8 Å². The number of nitrogens with zero attached hydrogens (tertiary/aromatic N) is 1. The van der Waals surface area contributed by atoms with Gasteiger partial charge in [-0.15, -0.1) is 0 Å². The Labute approximate surface area is 207 Å². The second-order valence-corrected chi connectivity index (χ2v) is 10.1. The van der Waals surface area contributed by atoms with Crippen molar-refractivity contribution in [3.8, 4) is 11.5 Å². The molecule has 2 aromatic rings. The maximum atomic E-state index is 12.1. The van der Waals surface area contributed by atoms with Gasteiger partial charge in [0.05, 0.1) is 12.1 Å². The molecule has 0 aliphatic carbocycles. The molecule has 3 amide bonds. The number of nitrogens with one attached hydrogen (secondary N) is 1. The number of carbonyl (C=O) groups is 2. The first-order valence-electron chi connectivity index (χ1n) is 12.3. The molecule has 7 heteroatoms. The van der Waals surface area contributed by atoms with Crippen LogP contribution in [0, 0.1) is 0 Å². The highest BCUT2D eigenvalue weighted by atomic mass is 16.5. The van der Waals surface area contributed by atoms with E-state index in [1.54, 1.807) is 0 Å². The summed E-state index contributed by atoms with van der Waals surface area (Å²) in [5.74, 6) is 0.732. The maximum absolute atomic E-state index is 12.1. The zero-order valence-electron chi connectivity index (χ0n) is 20.8. The van der Waals surface area contributed by atoms with E-state index < -0.39 is 17.5 Å². The molecule has 2 aliphatic rings. The number of hydrogen-bond acceptors (Lipinski definition) is 5.